The van der Waals surface area contributed by atoms with Gasteiger partial charge in [-0.15, -0.1) is 0 Å². The number of nitriles is 1. The highest BCUT2D eigenvalue weighted by molar-refractivity contribution is 5.31. The lowest BCUT2D eigenvalue weighted by Crippen LogP contribution is -2.35. The summed E-state index contributed by atoms with van der Waals surface area (Å²) < 4.78 is 0. The zero-order chi connectivity index (χ0) is 10.6. The van der Waals surface area contributed by atoms with E-state index in [0.717, 1.165) is 0 Å². The molecule has 0 aliphatic heterocycles. The topological polar surface area (TPSA) is 87.6 Å². The first-order valence-corrected chi connectivity index (χ1v) is 4.38. The Hall–Kier alpha value is -1.67. The lowest BCUT2D eigenvalue weighted by atomic mass is 10.2. The first-order valence-electron chi connectivity index (χ1n) is 4.38. The monoisotopic (exact) mass is 191 g/mol. The minimum Gasteiger partial charge on any atom is -0.350 e. The Morgan fingerprint density at radius 3 is 2.86 bits per heavy atom. The zero-order valence-corrected chi connectivity index (χ0v) is 8.23. The first kappa shape index (κ1) is 10.4. The Balaban J connectivity index is 2.73. The van der Waals surface area contributed by atoms with E-state index in [0.29, 0.717) is 11.6 Å². The van der Waals surface area contributed by atoms with Crippen molar-refractivity contribution in [3.8, 4) is 6.07 Å². The summed E-state index contributed by atoms with van der Waals surface area (Å²) >= 11 is 0. The van der Waals surface area contributed by atoms with Crippen molar-refractivity contribution in [2.75, 3.05) is 5.32 Å². The maximum absolute atomic E-state index is 8.61. The van der Waals surface area contributed by atoms with Gasteiger partial charge in [0.25, 0.3) is 0 Å². The number of rotatable bonds is 3. The molecule has 2 unspecified atom stereocenters. The van der Waals surface area contributed by atoms with Crippen LogP contribution in [0.4, 0.5) is 5.95 Å². The molecular formula is C9H13N5. The molecule has 74 valence electrons. The van der Waals surface area contributed by atoms with Gasteiger partial charge in [-0.1, -0.05) is 0 Å². The van der Waals surface area contributed by atoms with Crippen LogP contribution >= 0.6 is 0 Å². The summed E-state index contributed by atoms with van der Waals surface area (Å²) in [5.74, 6) is 0.439. The van der Waals surface area contributed by atoms with Crippen molar-refractivity contribution in [2.45, 2.75) is 25.9 Å². The highest BCUT2D eigenvalue weighted by Crippen LogP contribution is 2.02. The van der Waals surface area contributed by atoms with E-state index in [1.807, 2.05) is 19.9 Å². The third kappa shape index (κ3) is 2.68. The molecule has 0 bridgehead atoms. The van der Waals surface area contributed by atoms with Crippen molar-refractivity contribution < 1.29 is 0 Å². The summed E-state index contributed by atoms with van der Waals surface area (Å²) in [6, 6.07) is 3.58. The molecule has 0 radical (unpaired) electrons. The molecule has 0 aliphatic carbocycles. The lowest BCUT2D eigenvalue weighted by molar-refractivity contribution is 0.633. The molecule has 3 N–H and O–H groups in total. The first-order chi connectivity index (χ1) is 6.63. The Bertz CT molecular complexity index is 341. The van der Waals surface area contributed by atoms with Gasteiger partial charge < -0.3 is 11.1 Å². The molecule has 0 aromatic carbocycles. The van der Waals surface area contributed by atoms with E-state index < -0.39 is 0 Å². The van der Waals surface area contributed by atoms with E-state index in [1.54, 1.807) is 12.3 Å². The van der Waals surface area contributed by atoms with Crippen molar-refractivity contribution in [3.63, 3.8) is 0 Å². The summed E-state index contributed by atoms with van der Waals surface area (Å²) in [6.45, 7) is 3.83. The molecule has 1 aromatic rings. The zero-order valence-electron chi connectivity index (χ0n) is 8.23. The van der Waals surface area contributed by atoms with Gasteiger partial charge in [-0.05, 0) is 19.9 Å². The third-order valence-corrected chi connectivity index (χ3v) is 1.92. The Morgan fingerprint density at radius 2 is 2.29 bits per heavy atom. The fourth-order valence-corrected chi connectivity index (χ4v) is 0.826. The highest BCUT2D eigenvalue weighted by atomic mass is 15.1. The summed E-state index contributed by atoms with van der Waals surface area (Å²) in [5, 5.41) is 11.6. The molecule has 0 spiro atoms. The van der Waals surface area contributed by atoms with E-state index in [4.69, 9.17) is 11.0 Å². The Labute approximate surface area is 83.0 Å². The van der Waals surface area contributed by atoms with Crippen LogP contribution in [0.15, 0.2) is 12.3 Å². The molecule has 0 amide bonds. The van der Waals surface area contributed by atoms with Crippen LogP contribution in [0.3, 0.4) is 0 Å². The fraction of sp³-hybridized carbons (Fsp3) is 0.444. The van der Waals surface area contributed by atoms with Crippen molar-refractivity contribution in [2.24, 2.45) is 5.73 Å². The number of hydrogen-bond acceptors (Lipinski definition) is 5. The SMILES string of the molecule is CC(N)C(C)Nc1nccc(C#N)n1. The van der Waals surface area contributed by atoms with Gasteiger partial charge >= 0.3 is 0 Å². The predicted octanol–water partition coefficient (Wildman–Crippen LogP) is 0.496. The number of nitrogens with zero attached hydrogens (tertiary/aromatic N) is 3. The fourth-order valence-electron chi connectivity index (χ4n) is 0.826. The molecule has 0 saturated heterocycles. The molecule has 0 fully saturated rings. The van der Waals surface area contributed by atoms with Gasteiger partial charge in [0, 0.05) is 18.3 Å². The number of nitrogens with one attached hydrogen (secondary N) is 1. The molecule has 2 atom stereocenters. The largest absolute Gasteiger partial charge is 0.350 e. The quantitative estimate of drug-likeness (QED) is 0.726. The third-order valence-electron chi connectivity index (χ3n) is 1.92. The summed E-state index contributed by atoms with van der Waals surface area (Å²) in [4.78, 5) is 7.96. The summed E-state index contributed by atoms with van der Waals surface area (Å²) in [7, 11) is 0. The molecule has 0 saturated carbocycles. The predicted molar refractivity (Wildman–Crippen MR) is 53.5 cm³/mol. The van der Waals surface area contributed by atoms with E-state index in [9.17, 15) is 0 Å². The van der Waals surface area contributed by atoms with Gasteiger partial charge in [-0.25, -0.2) is 9.97 Å². The maximum Gasteiger partial charge on any atom is 0.224 e. The summed E-state index contributed by atoms with van der Waals surface area (Å²) in [6.07, 6.45) is 1.54. The second-order valence-electron chi connectivity index (χ2n) is 3.17. The van der Waals surface area contributed by atoms with Crippen LogP contribution in [0.5, 0.6) is 0 Å². The molecule has 1 heterocycles. The van der Waals surface area contributed by atoms with Gasteiger partial charge in [0.1, 0.15) is 11.8 Å². The van der Waals surface area contributed by atoms with Gasteiger partial charge in [0.15, 0.2) is 0 Å². The van der Waals surface area contributed by atoms with Crippen LogP contribution in [0.2, 0.25) is 0 Å². The standard InChI is InChI=1S/C9H13N5/c1-6(11)7(2)13-9-12-4-3-8(5-10)14-9/h3-4,6-7H,11H2,1-2H3,(H,12,13,14). The van der Waals surface area contributed by atoms with Crippen molar-refractivity contribution >= 4 is 5.95 Å². The highest BCUT2D eigenvalue weighted by Gasteiger charge is 2.08. The van der Waals surface area contributed by atoms with Gasteiger partial charge in [-0.2, -0.15) is 5.26 Å². The lowest BCUT2D eigenvalue weighted by Gasteiger charge is -2.16. The summed E-state index contributed by atoms with van der Waals surface area (Å²) in [5.41, 5.74) is 6.02. The molecular weight excluding hydrogens is 178 g/mol. The van der Waals surface area contributed by atoms with E-state index in [2.05, 4.69) is 15.3 Å². The van der Waals surface area contributed by atoms with Crippen LogP contribution in [-0.2, 0) is 0 Å². The van der Waals surface area contributed by atoms with Gasteiger partial charge in [0.2, 0.25) is 5.95 Å². The second-order valence-corrected chi connectivity index (χ2v) is 3.17. The molecule has 5 heteroatoms. The number of hydrogen-bond donors (Lipinski definition) is 2. The van der Waals surface area contributed by atoms with E-state index >= 15 is 0 Å². The normalized spacial score (nSPS) is 14.1. The van der Waals surface area contributed by atoms with E-state index in [-0.39, 0.29) is 12.1 Å². The minimum atomic E-state index is 0.00402. The Morgan fingerprint density at radius 1 is 1.57 bits per heavy atom. The maximum atomic E-state index is 8.61. The molecule has 5 nitrogen and oxygen atoms in total. The second kappa shape index (κ2) is 4.53. The smallest absolute Gasteiger partial charge is 0.224 e. The number of anilines is 1. The van der Waals surface area contributed by atoms with Crippen molar-refractivity contribution in [1.29, 1.82) is 5.26 Å². The molecule has 0 aliphatic rings. The average molecular weight is 191 g/mol. The van der Waals surface area contributed by atoms with Gasteiger partial charge in [0.05, 0.1) is 0 Å². The van der Waals surface area contributed by atoms with Crippen LogP contribution in [0.25, 0.3) is 0 Å². The van der Waals surface area contributed by atoms with Crippen LogP contribution in [-0.4, -0.2) is 22.1 Å². The van der Waals surface area contributed by atoms with Crippen LogP contribution < -0.4 is 11.1 Å². The molecule has 1 aromatic heterocycles. The average Bonchev–Trinajstić information content (AvgIpc) is 2.18. The Kier molecular flexibility index (Phi) is 3.37. The van der Waals surface area contributed by atoms with Gasteiger partial charge in [-0.3, -0.25) is 0 Å². The van der Waals surface area contributed by atoms with Crippen molar-refractivity contribution in [3.05, 3.63) is 18.0 Å². The number of nitrogens with two attached hydrogens (primary N) is 1. The van der Waals surface area contributed by atoms with E-state index in [1.165, 1.54) is 0 Å². The molecule has 14 heavy (non-hydrogen) atoms. The van der Waals surface area contributed by atoms with Crippen LogP contribution in [0, 0.1) is 11.3 Å². The van der Waals surface area contributed by atoms with Crippen molar-refractivity contribution in [1.82, 2.24) is 9.97 Å². The molecule has 1 rings (SSSR count). The van der Waals surface area contributed by atoms with Crippen LogP contribution in [0.1, 0.15) is 19.5 Å². The minimum absolute atomic E-state index is 0.00402. The number of aromatic nitrogens is 2.